The number of nitrogens with zero attached hydrogens (tertiary/aromatic N) is 6. The summed E-state index contributed by atoms with van der Waals surface area (Å²) in [5.41, 5.74) is 2.57. The molecule has 0 atom stereocenters. The SMILES string of the molecule is Cc1nc(CN2CCN(c3ncnc4onc(C)c34)CC2)cs1. The lowest BCUT2D eigenvalue weighted by Gasteiger charge is -2.35. The maximum absolute atomic E-state index is 5.24. The van der Waals surface area contributed by atoms with Gasteiger partial charge >= 0.3 is 0 Å². The van der Waals surface area contributed by atoms with Crippen LogP contribution in [0.2, 0.25) is 0 Å². The molecule has 1 aliphatic rings. The van der Waals surface area contributed by atoms with Gasteiger partial charge in [0.2, 0.25) is 0 Å². The van der Waals surface area contributed by atoms with E-state index in [0.717, 1.165) is 54.6 Å². The maximum atomic E-state index is 5.24. The van der Waals surface area contributed by atoms with Gasteiger partial charge in [0.05, 0.1) is 16.4 Å². The van der Waals surface area contributed by atoms with Crippen LogP contribution in [-0.4, -0.2) is 51.2 Å². The van der Waals surface area contributed by atoms with Crippen LogP contribution in [0.1, 0.15) is 16.4 Å². The standard InChI is InChI=1S/C15H18N6OS/c1-10-13-14(16-9-17-15(13)22-19-10)21-5-3-20(4-6-21)7-12-8-23-11(2)18-12/h8-9H,3-7H2,1-2H3. The molecule has 120 valence electrons. The molecule has 3 aromatic rings. The van der Waals surface area contributed by atoms with Crippen molar-refractivity contribution in [2.24, 2.45) is 0 Å². The number of hydrogen-bond acceptors (Lipinski definition) is 8. The largest absolute Gasteiger partial charge is 0.353 e. The molecule has 1 aliphatic heterocycles. The van der Waals surface area contributed by atoms with Crippen molar-refractivity contribution in [2.45, 2.75) is 20.4 Å². The first-order valence-corrected chi connectivity index (χ1v) is 8.54. The van der Waals surface area contributed by atoms with E-state index in [1.165, 1.54) is 5.69 Å². The minimum atomic E-state index is 0.563. The highest BCUT2D eigenvalue weighted by Gasteiger charge is 2.22. The van der Waals surface area contributed by atoms with Crippen LogP contribution in [-0.2, 0) is 6.54 Å². The Morgan fingerprint density at radius 1 is 1.17 bits per heavy atom. The molecule has 0 radical (unpaired) electrons. The Labute approximate surface area is 138 Å². The first-order chi connectivity index (χ1) is 11.2. The van der Waals surface area contributed by atoms with Crippen molar-refractivity contribution in [2.75, 3.05) is 31.1 Å². The number of rotatable bonds is 3. The predicted octanol–water partition coefficient (Wildman–Crippen LogP) is 2.01. The first-order valence-electron chi connectivity index (χ1n) is 7.66. The smallest absolute Gasteiger partial charge is 0.263 e. The maximum Gasteiger partial charge on any atom is 0.263 e. The van der Waals surface area contributed by atoms with Crippen molar-refractivity contribution in [1.82, 2.24) is 25.0 Å². The van der Waals surface area contributed by atoms with Crippen LogP contribution in [0.15, 0.2) is 16.2 Å². The average molecular weight is 330 g/mol. The summed E-state index contributed by atoms with van der Waals surface area (Å²) in [6.07, 6.45) is 1.55. The molecule has 0 amide bonds. The third-order valence-corrected chi connectivity index (χ3v) is 4.97. The van der Waals surface area contributed by atoms with Gasteiger partial charge in [-0.15, -0.1) is 11.3 Å². The molecule has 0 spiro atoms. The third-order valence-electron chi connectivity index (χ3n) is 4.15. The molecule has 3 aromatic heterocycles. The second-order valence-corrected chi connectivity index (χ2v) is 6.83. The lowest BCUT2D eigenvalue weighted by atomic mass is 10.2. The summed E-state index contributed by atoms with van der Waals surface area (Å²) < 4.78 is 5.24. The molecule has 0 N–H and O–H groups in total. The zero-order chi connectivity index (χ0) is 15.8. The molecule has 0 aromatic carbocycles. The van der Waals surface area contributed by atoms with E-state index in [2.05, 4.69) is 35.3 Å². The van der Waals surface area contributed by atoms with Crippen molar-refractivity contribution >= 4 is 28.3 Å². The van der Waals surface area contributed by atoms with E-state index in [0.29, 0.717) is 5.71 Å². The van der Waals surface area contributed by atoms with Gasteiger partial charge in [-0.05, 0) is 13.8 Å². The Bertz CT molecular complexity index is 820. The highest BCUT2D eigenvalue weighted by molar-refractivity contribution is 7.09. The molecule has 23 heavy (non-hydrogen) atoms. The van der Waals surface area contributed by atoms with Crippen molar-refractivity contribution in [1.29, 1.82) is 0 Å². The molecular formula is C15H18N6OS. The predicted molar refractivity (Wildman–Crippen MR) is 88.7 cm³/mol. The van der Waals surface area contributed by atoms with Crippen LogP contribution in [0.5, 0.6) is 0 Å². The minimum Gasteiger partial charge on any atom is -0.353 e. The Kier molecular flexibility index (Phi) is 3.70. The summed E-state index contributed by atoms with van der Waals surface area (Å²) in [4.78, 5) is 17.9. The second-order valence-electron chi connectivity index (χ2n) is 5.77. The normalized spacial score (nSPS) is 16.3. The zero-order valence-electron chi connectivity index (χ0n) is 13.2. The molecule has 7 nitrogen and oxygen atoms in total. The van der Waals surface area contributed by atoms with E-state index in [1.54, 1.807) is 17.7 Å². The Morgan fingerprint density at radius 2 is 2.00 bits per heavy atom. The minimum absolute atomic E-state index is 0.563. The fourth-order valence-electron chi connectivity index (χ4n) is 2.97. The van der Waals surface area contributed by atoms with Gasteiger partial charge < -0.3 is 9.42 Å². The lowest BCUT2D eigenvalue weighted by molar-refractivity contribution is 0.247. The van der Waals surface area contributed by atoms with Gasteiger partial charge in [-0.25, -0.2) is 9.97 Å². The van der Waals surface area contributed by atoms with Gasteiger partial charge in [0.15, 0.2) is 0 Å². The Morgan fingerprint density at radius 3 is 2.74 bits per heavy atom. The van der Waals surface area contributed by atoms with Crippen LogP contribution in [0.4, 0.5) is 5.82 Å². The Hall–Kier alpha value is -2.06. The van der Waals surface area contributed by atoms with Crippen LogP contribution in [0.3, 0.4) is 0 Å². The molecule has 0 unspecified atom stereocenters. The quantitative estimate of drug-likeness (QED) is 0.727. The van der Waals surface area contributed by atoms with Gasteiger partial charge in [0.1, 0.15) is 17.5 Å². The summed E-state index contributed by atoms with van der Waals surface area (Å²) in [6, 6.07) is 0. The molecule has 4 heterocycles. The summed E-state index contributed by atoms with van der Waals surface area (Å²) >= 11 is 1.71. The summed E-state index contributed by atoms with van der Waals surface area (Å²) in [5, 5.41) is 8.21. The number of fused-ring (bicyclic) bond motifs is 1. The molecule has 8 heteroatoms. The number of aryl methyl sites for hydroxylation is 2. The summed E-state index contributed by atoms with van der Waals surface area (Å²) in [5.74, 6) is 0.929. The van der Waals surface area contributed by atoms with Crippen LogP contribution < -0.4 is 4.90 Å². The molecule has 1 fully saturated rings. The van der Waals surface area contributed by atoms with Crippen LogP contribution in [0.25, 0.3) is 11.1 Å². The molecule has 0 bridgehead atoms. The lowest BCUT2D eigenvalue weighted by Crippen LogP contribution is -2.46. The molecule has 4 rings (SSSR count). The first kappa shape index (κ1) is 14.5. The number of piperazine rings is 1. The van der Waals surface area contributed by atoms with Crippen molar-refractivity contribution in [3.05, 3.63) is 28.1 Å². The molecule has 0 aliphatic carbocycles. The average Bonchev–Trinajstić information content (AvgIpc) is 3.14. The fourth-order valence-corrected chi connectivity index (χ4v) is 3.58. The van der Waals surface area contributed by atoms with E-state index >= 15 is 0 Å². The monoisotopic (exact) mass is 330 g/mol. The third kappa shape index (κ3) is 2.79. The van der Waals surface area contributed by atoms with E-state index in [-0.39, 0.29) is 0 Å². The number of thiazole rings is 1. The number of aromatic nitrogens is 4. The van der Waals surface area contributed by atoms with Crippen molar-refractivity contribution in [3.8, 4) is 0 Å². The summed E-state index contributed by atoms with van der Waals surface area (Å²) in [7, 11) is 0. The number of anilines is 1. The molecular weight excluding hydrogens is 312 g/mol. The van der Waals surface area contributed by atoms with E-state index < -0.39 is 0 Å². The second kappa shape index (κ2) is 5.86. The van der Waals surface area contributed by atoms with Gasteiger partial charge in [-0.2, -0.15) is 4.98 Å². The molecule has 1 saturated heterocycles. The van der Waals surface area contributed by atoms with Crippen LogP contribution in [0, 0.1) is 13.8 Å². The van der Waals surface area contributed by atoms with Gasteiger partial charge in [0, 0.05) is 38.1 Å². The molecule has 0 saturated carbocycles. The highest BCUT2D eigenvalue weighted by atomic mass is 32.1. The van der Waals surface area contributed by atoms with Crippen molar-refractivity contribution in [3.63, 3.8) is 0 Å². The van der Waals surface area contributed by atoms with Gasteiger partial charge in [0.25, 0.3) is 5.71 Å². The highest BCUT2D eigenvalue weighted by Crippen LogP contribution is 2.26. The number of hydrogen-bond donors (Lipinski definition) is 0. The van der Waals surface area contributed by atoms with E-state index in [1.807, 2.05) is 13.8 Å². The topological polar surface area (TPSA) is 71.2 Å². The Balaban J connectivity index is 1.47. The van der Waals surface area contributed by atoms with Crippen molar-refractivity contribution < 1.29 is 4.52 Å². The van der Waals surface area contributed by atoms with Gasteiger partial charge in [-0.3, -0.25) is 4.90 Å². The zero-order valence-corrected chi connectivity index (χ0v) is 14.0. The van der Waals surface area contributed by atoms with Crippen LogP contribution >= 0.6 is 11.3 Å². The van der Waals surface area contributed by atoms with Gasteiger partial charge in [-0.1, -0.05) is 5.16 Å². The summed E-state index contributed by atoms with van der Waals surface area (Å²) in [6.45, 7) is 8.75. The van der Waals surface area contributed by atoms with E-state index in [9.17, 15) is 0 Å². The van der Waals surface area contributed by atoms with E-state index in [4.69, 9.17) is 4.52 Å². The fraction of sp³-hybridized carbons (Fsp3) is 0.467.